The Morgan fingerprint density at radius 1 is 1.45 bits per heavy atom. The summed E-state index contributed by atoms with van der Waals surface area (Å²) in [6.07, 6.45) is -1.11. The number of carbonyl (C=O) groups is 1. The molecule has 2 N–H and O–H groups in total. The van der Waals surface area contributed by atoms with E-state index in [2.05, 4.69) is 15.9 Å². The van der Waals surface area contributed by atoms with Crippen LogP contribution in [0.15, 0.2) is 27.6 Å². The van der Waals surface area contributed by atoms with E-state index in [4.69, 9.17) is 16.7 Å². The van der Waals surface area contributed by atoms with Gasteiger partial charge in [-0.1, -0.05) is 11.6 Å². The Balaban J connectivity index is 2.43. The van der Waals surface area contributed by atoms with Gasteiger partial charge in [0, 0.05) is 17.4 Å². The molecule has 0 spiro atoms. The van der Waals surface area contributed by atoms with Crippen molar-refractivity contribution in [1.29, 1.82) is 0 Å². The largest absolute Gasteiger partial charge is 0.480 e. The molecule has 1 saturated heterocycles. The second kappa shape index (κ2) is 5.61. The van der Waals surface area contributed by atoms with Crippen molar-refractivity contribution in [3.05, 3.63) is 27.7 Å². The number of aliphatic hydroxyl groups is 1. The van der Waals surface area contributed by atoms with Gasteiger partial charge in [-0.25, -0.2) is 8.42 Å². The second-order valence-corrected chi connectivity index (χ2v) is 7.55. The average molecular weight is 385 g/mol. The van der Waals surface area contributed by atoms with Crippen LogP contribution in [-0.2, 0) is 14.8 Å². The average Bonchev–Trinajstić information content (AvgIpc) is 2.75. The Labute approximate surface area is 129 Å². The number of hydrogen-bond donors (Lipinski definition) is 2. The normalized spacial score (nSPS) is 23.9. The van der Waals surface area contributed by atoms with Gasteiger partial charge in [0.05, 0.1) is 16.0 Å². The van der Waals surface area contributed by atoms with Gasteiger partial charge in [0.1, 0.15) is 6.04 Å². The number of halogens is 2. The van der Waals surface area contributed by atoms with E-state index in [0.29, 0.717) is 9.50 Å². The zero-order chi connectivity index (χ0) is 15.1. The number of β-amino-alcohol motifs (C(OH)–C–C–N with tert-alkyl or cyclic N) is 1. The summed E-state index contributed by atoms with van der Waals surface area (Å²) in [5, 5.41) is 18.9. The first-order valence-electron chi connectivity index (χ1n) is 5.61. The zero-order valence-electron chi connectivity index (χ0n) is 10.0. The number of benzene rings is 1. The van der Waals surface area contributed by atoms with Crippen LogP contribution in [0.25, 0.3) is 0 Å². The lowest BCUT2D eigenvalue weighted by Gasteiger charge is -2.20. The molecule has 20 heavy (non-hydrogen) atoms. The fourth-order valence-electron chi connectivity index (χ4n) is 2.05. The highest BCUT2D eigenvalue weighted by Crippen LogP contribution is 2.30. The Morgan fingerprint density at radius 3 is 2.65 bits per heavy atom. The molecule has 1 aliphatic heterocycles. The first-order valence-corrected chi connectivity index (χ1v) is 8.22. The van der Waals surface area contributed by atoms with Gasteiger partial charge in [-0.15, -0.1) is 0 Å². The van der Waals surface area contributed by atoms with Crippen LogP contribution in [-0.4, -0.2) is 47.6 Å². The number of nitrogens with zero attached hydrogens (tertiary/aromatic N) is 1. The molecule has 0 aromatic heterocycles. The summed E-state index contributed by atoms with van der Waals surface area (Å²) in [5.74, 6) is -1.28. The number of aliphatic carboxylic acids is 1. The molecule has 1 aromatic rings. The molecule has 0 bridgehead atoms. The molecule has 110 valence electrons. The van der Waals surface area contributed by atoms with Crippen molar-refractivity contribution in [2.24, 2.45) is 0 Å². The van der Waals surface area contributed by atoms with Crippen LogP contribution in [0.2, 0.25) is 5.02 Å². The van der Waals surface area contributed by atoms with Crippen molar-refractivity contribution in [1.82, 2.24) is 4.31 Å². The van der Waals surface area contributed by atoms with Gasteiger partial charge in [0.25, 0.3) is 0 Å². The maximum absolute atomic E-state index is 12.4. The highest BCUT2D eigenvalue weighted by Gasteiger charge is 2.43. The van der Waals surface area contributed by atoms with Gasteiger partial charge >= 0.3 is 5.97 Å². The van der Waals surface area contributed by atoms with Crippen molar-refractivity contribution in [3.8, 4) is 0 Å². The Hall–Kier alpha value is -0.670. The summed E-state index contributed by atoms with van der Waals surface area (Å²) < 4.78 is 26.1. The lowest BCUT2D eigenvalue weighted by Crippen LogP contribution is -2.40. The lowest BCUT2D eigenvalue weighted by molar-refractivity contribution is -0.140. The van der Waals surface area contributed by atoms with Crippen LogP contribution in [0, 0.1) is 0 Å². The minimum Gasteiger partial charge on any atom is -0.480 e. The Morgan fingerprint density at radius 2 is 2.10 bits per heavy atom. The number of rotatable bonds is 3. The number of carboxylic acid groups (broad SMARTS) is 1. The molecule has 0 saturated carbocycles. The third-order valence-corrected chi connectivity index (χ3v) is 6.10. The smallest absolute Gasteiger partial charge is 0.322 e. The van der Waals surface area contributed by atoms with Crippen LogP contribution < -0.4 is 0 Å². The van der Waals surface area contributed by atoms with Crippen LogP contribution in [0.3, 0.4) is 0 Å². The van der Waals surface area contributed by atoms with E-state index in [1.807, 2.05) is 0 Å². The Bertz CT molecular complexity index is 650. The van der Waals surface area contributed by atoms with Gasteiger partial charge in [0.15, 0.2) is 0 Å². The zero-order valence-corrected chi connectivity index (χ0v) is 13.2. The van der Waals surface area contributed by atoms with Crippen LogP contribution in [0.5, 0.6) is 0 Å². The maximum atomic E-state index is 12.4. The summed E-state index contributed by atoms with van der Waals surface area (Å²) >= 11 is 8.93. The second-order valence-electron chi connectivity index (χ2n) is 4.39. The minimum absolute atomic E-state index is 0.0749. The summed E-state index contributed by atoms with van der Waals surface area (Å²) in [6, 6.07) is 2.75. The summed E-state index contributed by atoms with van der Waals surface area (Å²) in [4.78, 5) is 11.0. The molecule has 9 heteroatoms. The molecule has 6 nitrogen and oxygen atoms in total. The maximum Gasteiger partial charge on any atom is 0.322 e. The topological polar surface area (TPSA) is 94.9 Å². The van der Waals surface area contributed by atoms with E-state index in [-0.39, 0.29) is 17.9 Å². The predicted octanol–water partition coefficient (Wildman–Crippen LogP) is 1.31. The highest BCUT2D eigenvalue weighted by atomic mass is 79.9. The molecule has 0 aliphatic carbocycles. The molecule has 1 aliphatic rings. The summed E-state index contributed by atoms with van der Waals surface area (Å²) in [6.45, 7) is -0.237. The number of hydrogen-bond acceptors (Lipinski definition) is 4. The monoisotopic (exact) mass is 383 g/mol. The number of aliphatic hydroxyl groups excluding tert-OH is 1. The number of sulfonamides is 1. The van der Waals surface area contributed by atoms with Crippen LogP contribution >= 0.6 is 27.5 Å². The molecule has 0 amide bonds. The first-order chi connectivity index (χ1) is 9.23. The fraction of sp³-hybridized carbons (Fsp3) is 0.364. The SMILES string of the molecule is O=C(O)[C@@H]1C[C@@H](O)CN1S(=O)(=O)c1ccc(Cl)c(Br)c1. The third kappa shape index (κ3) is 2.84. The van der Waals surface area contributed by atoms with E-state index in [0.717, 1.165) is 4.31 Å². The molecule has 0 radical (unpaired) electrons. The van der Waals surface area contributed by atoms with Gasteiger partial charge in [-0.2, -0.15) is 4.31 Å². The molecule has 1 heterocycles. The minimum atomic E-state index is -4.00. The lowest BCUT2D eigenvalue weighted by atomic mass is 10.2. The van der Waals surface area contributed by atoms with Gasteiger partial charge in [-0.05, 0) is 34.1 Å². The molecular weight excluding hydrogens is 374 g/mol. The van der Waals surface area contributed by atoms with E-state index < -0.39 is 28.1 Å². The molecule has 1 aromatic carbocycles. The van der Waals surface area contributed by atoms with Crippen LogP contribution in [0.4, 0.5) is 0 Å². The quantitative estimate of drug-likeness (QED) is 0.819. The van der Waals surface area contributed by atoms with E-state index in [1.165, 1.54) is 18.2 Å². The van der Waals surface area contributed by atoms with E-state index >= 15 is 0 Å². The van der Waals surface area contributed by atoms with E-state index in [1.54, 1.807) is 0 Å². The summed E-state index contributed by atoms with van der Waals surface area (Å²) in [7, 11) is -4.00. The first kappa shape index (κ1) is 15.7. The van der Waals surface area contributed by atoms with Crippen LogP contribution in [0.1, 0.15) is 6.42 Å². The van der Waals surface area contributed by atoms with Crippen molar-refractivity contribution in [3.63, 3.8) is 0 Å². The molecule has 1 fully saturated rings. The van der Waals surface area contributed by atoms with Crippen molar-refractivity contribution in [2.75, 3.05) is 6.54 Å². The van der Waals surface area contributed by atoms with Crippen molar-refractivity contribution < 1.29 is 23.4 Å². The van der Waals surface area contributed by atoms with Gasteiger partial charge < -0.3 is 10.2 Å². The number of carboxylic acids is 1. The molecule has 2 rings (SSSR count). The molecular formula is C11H11BrClNO5S. The van der Waals surface area contributed by atoms with E-state index in [9.17, 15) is 18.3 Å². The fourth-order valence-corrected chi connectivity index (χ4v) is 4.35. The predicted molar refractivity (Wildman–Crippen MR) is 75.1 cm³/mol. The Kier molecular flexibility index (Phi) is 4.41. The van der Waals surface area contributed by atoms with Crippen molar-refractivity contribution in [2.45, 2.75) is 23.5 Å². The third-order valence-electron chi connectivity index (χ3n) is 3.02. The van der Waals surface area contributed by atoms with Gasteiger partial charge in [-0.3, -0.25) is 4.79 Å². The molecule has 0 unspecified atom stereocenters. The highest BCUT2D eigenvalue weighted by molar-refractivity contribution is 9.10. The summed E-state index contributed by atoms with van der Waals surface area (Å²) in [5.41, 5.74) is 0. The van der Waals surface area contributed by atoms with Crippen molar-refractivity contribution >= 4 is 43.5 Å². The van der Waals surface area contributed by atoms with Gasteiger partial charge in [0.2, 0.25) is 10.0 Å². The standard InChI is InChI=1S/C11H11BrClNO5S/c12-8-4-7(1-2-9(8)13)20(18,19)14-5-6(15)3-10(14)11(16)17/h1-2,4,6,10,15H,3,5H2,(H,16,17)/t6-,10+/m1/s1. The molecule has 2 atom stereocenters.